The number of carbonyl (C=O) groups is 1. The Bertz CT molecular complexity index is 388. The highest BCUT2D eigenvalue weighted by atomic mass is 35.5. The second kappa shape index (κ2) is 6.55. The molecule has 0 radical (unpaired) electrons. The van der Waals surface area contributed by atoms with E-state index in [2.05, 4.69) is 4.74 Å². The molecule has 1 N–H and O–H groups in total. The first-order valence-electron chi connectivity index (χ1n) is 5.54. The average Bonchev–Trinajstić information content (AvgIpc) is 2.29. The van der Waals surface area contributed by atoms with E-state index in [9.17, 15) is 13.2 Å². The molecule has 0 aliphatic carbocycles. The normalized spacial score (nSPS) is 25.7. The summed E-state index contributed by atoms with van der Waals surface area (Å²) in [5, 5.41) is 0. The van der Waals surface area contributed by atoms with E-state index in [0.29, 0.717) is 0 Å². The molecular formula is C9H17ClN2O5S. The van der Waals surface area contributed by atoms with Gasteiger partial charge in [-0.25, -0.2) is 9.52 Å². The van der Waals surface area contributed by atoms with Gasteiger partial charge in [0.2, 0.25) is 0 Å². The molecule has 0 aromatic rings. The van der Waals surface area contributed by atoms with E-state index in [1.54, 1.807) is 13.8 Å². The number of hydrogen-bond donors (Lipinski definition) is 1. The van der Waals surface area contributed by atoms with Crippen LogP contribution in [0, 0.1) is 0 Å². The summed E-state index contributed by atoms with van der Waals surface area (Å²) in [4.78, 5) is 11.2. The zero-order chi connectivity index (χ0) is 13.8. The molecule has 1 amide bonds. The summed E-state index contributed by atoms with van der Waals surface area (Å²) in [6.07, 6.45) is -1.36. The van der Waals surface area contributed by atoms with Crippen LogP contribution in [0.5, 0.6) is 0 Å². The van der Waals surface area contributed by atoms with Gasteiger partial charge in [-0.2, -0.15) is 12.7 Å². The Morgan fingerprint density at radius 1 is 1.61 bits per heavy atom. The van der Waals surface area contributed by atoms with Crippen LogP contribution in [0.1, 0.15) is 13.8 Å². The smallest absolute Gasteiger partial charge is 0.421 e. The van der Waals surface area contributed by atoms with Crippen LogP contribution in [0.2, 0.25) is 0 Å². The number of rotatable bonds is 4. The number of morpholine rings is 1. The Morgan fingerprint density at radius 2 is 2.28 bits per heavy atom. The molecule has 18 heavy (non-hydrogen) atoms. The molecule has 0 bridgehead atoms. The van der Waals surface area contributed by atoms with E-state index >= 15 is 0 Å². The fourth-order valence-electron chi connectivity index (χ4n) is 1.54. The maximum atomic E-state index is 12.0. The second-order valence-electron chi connectivity index (χ2n) is 3.86. The van der Waals surface area contributed by atoms with Gasteiger partial charge < -0.3 is 9.47 Å². The maximum Gasteiger partial charge on any atom is 0.421 e. The van der Waals surface area contributed by atoms with Crippen molar-refractivity contribution in [3.63, 3.8) is 0 Å². The number of alkyl halides is 1. The summed E-state index contributed by atoms with van der Waals surface area (Å²) in [7, 11) is -3.93. The highest BCUT2D eigenvalue weighted by molar-refractivity contribution is 7.87. The lowest BCUT2D eigenvalue weighted by Gasteiger charge is -2.35. The molecule has 1 fully saturated rings. The summed E-state index contributed by atoms with van der Waals surface area (Å²) >= 11 is 5.64. The number of amides is 1. The Kier molecular flexibility index (Phi) is 5.64. The standard InChI is InChI=1S/C9H17ClN2O5S/c1-3-16-9(13)11-18(14,15)12-5-8(4-10)17-6-7(12)2/h7-8H,3-6H2,1-2H3,(H,11,13). The van der Waals surface area contributed by atoms with Gasteiger partial charge >= 0.3 is 16.3 Å². The van der Waals surface area contributed by atoms with E-state index in [-0.39, 0.29) is 37.8 Å². The van der Waals surface area contributed by atoms with Gasteiger partial charge in [-0.15, -0.1) is 11.6 Å². The summed E-state index contributed by atoms with van der Waals surface area (Å²) in [5.41, 5.74) is 0. The lowest BCUT2D eigenvalue weighted by Crippen LogP contribution is -2.55. The highest BCUT2D eigenvalue weighted by Gasteiger charge is 2.35. The molecule has 1 heterocycles. The van der Waals surface area contributed by atoms with Crippen molar-refractivity contribution in [3.05, 3.63) is 0 Å². The molecule has 0 aromatic carbocycles. The first-order valence-corrected chi connectivity index (χ1v) is 7.52. The molecule has 9 heteroatoms. The Morgan fingerprint density at radius 3 is 2.83 bits per heavy atom. The molecular weight excluding hydrogens is 284 g/mol. The van der Waals surface area contributed by atoms with Crippen LogP contribution >= 0.6 is 11.6 Å². The number of hydrogen-bond acceptors (Lipinski definition) is 5. The zero-order valence-electron chi connectivity index (χ0n) is 10.3. The van der Waals surface area contributed by atoms with Gasteiger partial charge in [0.05, 0.1) is 19.3 Å². The largest absolute Gasteiger partial charge is 0.449 e. The Labute approximate surface area is 112 Å². The molecule has 0 aromatic heterocycles. The van der Waals surface area contributed by atoms with Crippen molar-refractivity contribution in [1.29, 1.82) is 0 Å². The van der Waals surface area contributed by atoms with Gasteiger partial charge in [0, 0.05) is 18.5 Å². The van der Waals surface area contributed by atoms with Gasteiger partial charge in [0.25, 0.3) is 0 Å². The predicted octanol–water partition coefficient (Wildman–Crippen LogP) is 0.305. The molecule has 1 rings (SSSR count). The van der Waals surface area contributed by atoms with Crippen molar-refractivity contribution in [2.75, 3.05) is 25.6 Å². The average molecular weight is 301 g/mol. The van der Waals surface area contributed by atoms with Crippen LogP contribution in [-0.4, -0.2) is 56.6 Å². The summed E-state index contributed by atoms with van der Waals surface area (Å²) in [6, 6.07) is -0.364. The molecule has 2 unspecified atom stereocenters. The summed E-state index contributed by atoms with van der Waals surface area (Å²) in [5.74, 6) is 0.193. The van der Waals surface area contributed by atoms with Crippen LogP contribution in [0.15, 0.2) is 0 Å². The van der Waals surface area contributed by atoms with Crippen LogP contribution in [0.25, 0.3) is 0 Å². The molecule has 7 nitrogen and oxygen atoms in total. The minimum atomic E-state index is -3.93. The SMILES string of the molecule is CCOC(=O)NS(=O)(=O)N1CC(CCl)OCC1C. The molecule has 1 aliphatic rings. The van der Waals surface area contributed by atoms with Crippen LogP contribution in [0.3, 0.4) is 0 Å². The van der Waals surface area contributed by atoms with Crippen LogP contribution in [-0.2, 0) is 19.7 Å². The van der Waals surface area contributed by atoms with Gasteiger partial charge in [0.15, 0.2) is 0 Å². The lowest BCUT2D eigenvalue weighted by molar-refractivity contribution is -0.0156. The minimum absolute atomic E-state index is 0.102. The number of nitrogens with zero attached hydrogens (tertiary/aromatic N) is 1. The van der Waals surface area contributed by atoms with Gasteiger partial charge in [-0.05, 0) is 13.8 Å². The van der Waals surface area contributed by atoms with E-state index in [4.69, 9.17) is 16.3 Å². The molecule has 2 atom stereocenters. The monoisotopic (exact) mass is 300 g/mol. The van der Waals surface area contributed by atoms with Crippen LogP contribution in [0.4, 0.5) is 4.79 Å². The van der Waals surface area contributed by atoms with Crippen molar-refractivity contribution in [1.82, 2.24) is 9.03 Å². The number of halogens is 1. The quantitative estimate of drug-likeness (QED) is 0.755. The van der Waals surface area contributed by atoms with Crippen molar-refractivity contribution in [2.45, 2.75) is 26.0 Å². The zero-order valence-corrected chi connectivity index (χ0v) is 11.8. The highest BCUT2D eigenvalue weighted by Crippen LogP contribution is 2.15. The summed E-state index contributed by atoms with van der Waals surface area (Å²) in [6.45, 7) is 3.73. The third-order valence-corrected chi connectivity index (χ3v) is 4.31. The Hall–Kier alpha value is -0.570. The number of nitrogens with one attached hydrogen (secondary N) is 1. The fourth-order valence-corrected chi connectivity index (χ4v) is 3.02. The lowest BCUT2D eigenvalue weighted by atomic mass is 10.2. The van der Waals surface area contributed by atoms with E-state index in [1.807, 2.05) is 4.72 Å². The van der Waals surface area contributed by atoms with Crippen molar-refractivity contribution < 1.29 is 22.7 Å². The van der Waals surface area contributed by atoms with Gasteiger partial charge in [-0.1, -0.05) is 0 Å². The van der Waals surface area contributed by atoms with E-state index in [0.717, 1.165) is 4.31 Å². The van der Waals surface area contributed by atoms with Crippen molar-refractivity contribution >= 4 is 27.9 Å². The van der Waals surface area contributed by atoms with E-state index < -0.39 is 16.3 Å². The molecule has 1 saturated heterocycles. The third kappa shape index (κ3) is 3.98. The first-order chi connectivity index (χ1) is 8.40. The first kappa shape index (κ1) is 15.5. The summed E-state index contributed by atoms with van der Waals surface area (Å²) < 4.78 is 36.8. The topological polar surface area (TPSA) is 84.9 Å². The second-order valence-corrected chi connectivity index (χ2v) is 5.79. The number of carbonyl (C=O) groups excluding carboxylic acids is 1. The molecule has 0 spiro atoms. The molecule has 1 aliphatic heterocycles. The van der Waals surface area contributed by atoms with Crippen molar-refractivity contribution in [3.8, 4) is 0 Å². The molecule has 0 saturated carbocycles. The van der Waals surface area contributed by atoms with Crippen LogP contribution < -0.4 is 4.72 Å². The van der Waals surface area contributed by atoms with E-state index in [1.165, 1.54) is 0 Å². The molecule has 106 valence electrons. The third-order valence-electron chi connectivity index (χ3n) is 2.42. The maximum absolute atomic E-state index is 12.0. The predicted molar refractivity (Wildman–Crippen MR) is 65.7 cm³/mol. The minimum Gasteiger partial charge on any atom is -0.449 e. The van der Waals surface area contributed by atoms with Gasteiger partial charge in [-0.3, -0.25) is 0 Å². The van der Waals surface area contributed by atoms with Gasteiger partial charge in [0.1, 0.15) is 0 Å². The van der Waals surface area contributed by atoms with Crippen molar-refractivity contribution in [2.24, 2.45) is 0 Å². The number of ether oxygens (including phenoxy) is 2. The Balaban J connectivity index is 2.73. The fraction of sp³-hybridized carbons (Fsp3) is 0.889.